The Balaban J connectivity index is 2.62. The van der Waals surface area contributed by atoms with Crippen molar-refractivity contribution in [2.45, 2.75) is 39.2 Å². The van der Waals surface area contributed by atoms with Crippen molar-refractivity contribution in [2.75, 3.05) is 6.54 Å². The van der Waals surface area contributed by atoms with Crippen LogP contribution in [0.4, 0.5) is 0 Å². The molecule has 0 aliphatic heterocycles. The zero-order chi connectivity index (χ0) is 11.8. The molecule has 1 rings (SSSR count). The third kappa shape index (κ3) is 4.03. The van der Waals surface area contributed by atoms with Crippen molar-refractivity contribution >= 4 is 15.9 Å². The summed E-state index contributed by atoms with van der Waals surface area (Å²) in [7, 11) is 0. The second kappa shape index (κ2) is 7.54. The fourth-order valence-corrected chi connectivity index (χ4v) is 2.10. The first-order valence-electron chi connectivity index (χ1n) is 5.65. The number of furan rings is 1. The molecule has 0 radical (unpaired) electrons. The fraction of sp³-hybridized carbons (Fsp3) is 0.538. The summed E-state index contributed by atoms with van der Waals surface area (Å²) in [5.41, 5.74) is 1.19. The molecule has 0 aliphatic rings. The maximum Gasteiger partial charge on any atom is 0.173 e. The van der Waals surface area contributed by atoms with Crippen LogP contribution in [0.1, 0.15) is 44.7 Å². The lowest BCUT2D eigenvalue weighted by Crippen LogP contribution is -2.21. The number of hydrogen-bond donors (Lipinski definition) is 1. The summed E-state index contributed by atoms with van der Waals surface area (Å²) in [6, 6.07) is 2.34. The lowest BCUT2D eigenvalue weighted by molar-refractivity contribution is 0.483. The SMILES string of the molecule is CC#CCCC(NCCC)c1ccoc1Br. The van der Waals surface area contributed by atoms with E-state index in [0.29, 0.717) is 6.04 Å². The van der Waals surface area contributed by atoms with Crippen LogP contribution < -0.4 is 5.32 Å². The van der Waals surface area contributed by atoms with Gasteiger partial charge in [-0.3, -0.25) is 0 Å². The zero-order valence-electron chi connectivity index (χ0n) is 9.85. The Kier molecular flexibility index (Phi) is 6.29. The van der Waals surface area contributed by atoms with Crippen molar-refractivity contribution in [2.24, 2.45) is 0 Å². The van der Waals surface area contributed by atoms with E-state index < -0.39 is 0 Å². The van der Waals surface area contributed by atoms with E-state index >= 15 is 0 Å². The van der Waals surface area contributed by atoms with Gasteiger partial charge in [-0.25, -0.2) is 0 Å². The highest BCUT2D eigenvalue weighted by Gasteiger charge is 2.15. The minimum atomic E-state index is 0.328. The topological polar surface area (TPSA) is 25.2 Å². The van der Waals surface area contributed by atoms with Gasteiger partial charge in [0.1, 0.15) is 0 Å². The molecule has 1 aromatic heterocycles. The van der Waals surface area contributed by atoms with E-state index in [-0.39, 0.29) is 0 Å². The van der Waals surface area contributed by atoms with Crippen LogP contribution in [0, 0.1) is 11.8 Å². The minimum absolute atomic E-state index is 0.328. The van der Waals surface area contributed by atoms with Gasteiger partial charge in [0.25, 0.3) is 0 Å². The standard InChI is InChI=1S/C13H18BrNO/c1-3-5-6-7-12(15-9-4-2)11-8-10-16-13(11)14/h8,10,12,15H,4,6-7,9H2,1-2H3. The van der Waals surface area contributed by atoms with Crippen LogP contribution in [0.2, 0.25) is 0 Å². The molecule has 16 heavy (non-hydrogen) atoms. The average molecular weight is 284 g/mol. The van der Waals surface area contributed by atoms with E-state index in [1.165, 1.54) is 5.56 Å². The van der Waals surface area contributed by atoms with E-state index in [4.69, 9.17) is 4.42 Å². The Morgan fingerprint density at radius 1 is 1.56 bits per heavy atom. The van der Waals surface area contributed by atoms with Gasteiger partial charge in [0.2, 0.25) is 0 Å². The molecule has 0 bridgehead atoms. The molecule has 0 amide bonds. The van der Waals surface area contributed by atoms with E-state index in [9.17, 15) is 0 Å². The first kappa shape index (κ1) is 13.3. The van der Waals surface area contributed by atoms with Crippen molar-refractivity contribution in [1.82, 2.24) is 5.32 Å². The van der Waals surface area contributed by atoms with Crippen LogP contribution in [0.15, 0.2) is 21.4 Å². The summed E-state index contributed by atoms with van der Waals surface area (Å²) in [6.07, 6.45) is 4.77. The molecule has 0 aromatic carbocycles. The Labute approximate surface area is 106 Å². The van der Waals surface area contributed by atoms with Crippen LogP contribution in [0.5, 0.6) is 0 Å². The monoisotopic (exact) mass is 283 g/mol. The molecule has 1 atom stereocenters. The maximum atomic E-state index is 5.27. The van der Waals surface area contributed by atoms with Crippen LogP contribution in [0.3, 0.4) is 0 Å². The molecular formula is C13H18BrNO. The average Bonchev–Trinajstić information content (AvgIpc) is 2.70. The number of nitrogens with one attached hydrogen (secondary N) is 1. The summed E-state index contributed by atoms with van der Waals surface area (Å²) in [5.74, 6) is 6.03. The lowest BCUT2D eigenvalue weighted by atomic mass is 10.1. The van der Waals surface area contributed by atoms with Gasteiger partial charge >= 0.3 is 0 Å². The van der Waals surface area contributed by atoms with Crippen LogP contribution >= 0.6 is 15.9 Å². The van der Waals surface area contributed by atoms with Crippen LogP contribution in [0.25, 0.3) is 0 Å². The quantitative estimate of drug-likeness (QED) is 0.802. The van der Waals surface area contributed by atoms with Crippen molar-refractivity contribution in [3.8, 4) is 11.8 Å². The molecule has 0 fully saturated rings. The van der Waals surface area contributed by atoms with E-state index in [1.807, 2.05) is 13.0 Å². The summed E-state index contributed by atoms with van der Waals surface area (Å²) in [5, 5.41) is 3.51. The lowest BCUT2D eigenvalue weighted by Gasteiger charge is -2.16. The van der Waals surface area contributed by atoms with Crippen molar-refractivity contribution in [1.29, 1.82) is 0 Å². The third-order valence-electron chi connectivity index (χ3n) is 2.40. The molecule has 3 heteroatoms. The Hall–Kier alpha value is -0.720. The fourth-order valence-electron chi connectivity index (χ4n) is 1.58. The molecule has 88 valence electrons. The highest BCUT2D eigenvalue weighted by Crippen LogP contribution is 2.27. The summed E-state index contributed by atoms with van der Waals surface area (Å²) in [4.78, 5) is 0. The van der Waals surface area contributed by atoms with Gasteiger partial charge in [0.05, 0.1) is 6.26 Å². The maximum absolute atomic E-state index is 5.27. The molecule has 0 aliphatic carbocycles. The number of rotatable bonds is 6. The van der Waals surface area contributed by atoms with Gasteiger partial charge in [-0.15, -0.1) is 11.8 Å². The minimum Gasteiger partial charge on any atom is -0.457 e. The Bertz CT molecular complexity index is 361. The highest BCUT2D eigenvalue weighted by molar-refractivity contribution is 9.10. The van der Waals surface area contributed by atoms with Gasteiger partial charge in [-0.1, -0.05) is 6.92 Å². The predicted octanol–water partition coefficient (Wildman–Crippen LogP) is 3.89. The molecule has 1 unspecified atom stereocenters. The largest absolute Gasteiger partial charge is 0.457 e. The summed E-state index contributed by atoms with van der Waals surface area (Å²) in [6.45, 7) is 5.06. The Morgan fingerprint density at radius 2 is 2.38 bits per heavy atom. The first-order chi connectivity index (χ1) is 7.79. The third-order valence-corrected chi connectivity index (χ3v) is 3.04. The smallest absolute Gasteiger partial charge is 0.173 e. The molecule has 0 saturated heterocycles. The Morgan fingerprint density at radius 3 is 2.94 bits per heavy atom. The van der Waals surface area contributed by atoms with Gasteiger partial charge in [-0.2, -0.15) is 0 Å². The van der Waals surface area contributed by atoms with Crippen LogP contribution in [-0.2, 0) is 0 Å². The molecule has 1 N–H and O–H groups in total. The van der Waals surface area contributed by atoms with Gasteiger partial charge < -0.3 is 9.73 Å². The molecule has 0 spiro atoms. The van der Waals surface area contributed by atoms with Crippen LogP contribution in [-0.4, -0.2) is 6.54 Å². The second-order valence-corrected chi connectivity index (χ2v) is 4.34. The van der Waals surface area contributed by atoms with Crippen molar-refractivity contribution in [3.05, 3.63) is 22.6 Å². The van der Waals surface area contributed by atoms with Gasteiger partial charge in [0, 0.05) is 18.0 Å². The van der Waals surface area contributed by atoms with Gasteiger partial charge in [-0.05, 0) is 48.3 Å². The normalized spacial score (nSPS) is 11.9. The molecular weight excluding hydrogens is 266 g/mol. The molecule has 1 aromatic rings. The van der Waals surface area contributed by atoms with Gasteiger partial charge in [0.15, 0.2) is 4.67 Å². The summed E-state index contributed by atoms with van der Waals surface area (Å²) >= 11 is 3.43. The summed E-state index contributed by atoms with van der Waals surface area (Å²) < 4.78 is 6.10. The van der Waals surface area contributed by atoms with Crippen molar-refractivity contribution < 1.29 is 4.42 Å². The van der Waals surface area contributed by atoms with E-state index in [1.54, 1.807) is 6.26 Å². The highest BCUT2D eigenvalue weighted by atomic mass is 79.9. The number of halogens is 1. The molecule has 1 heterocycles. The van der Waals surface area contributed by atoms with E-state index in [2.05, 4.69) is 40.0 Å². The first-order valence-corrected chi connectivity index (χ1v) is 6.44. The number of hydrogen-bond acceptors (Lipinski definition) is 2. The predicted molar refractivity (Wildman–Crippen MR) is 70.1 cm³/mol. The van der Waals surface area contributed by atoms with E-state index in [0.717, 1.165) is 30.5 Å². The zero-order valence-corrected chi connectivity index (χ0v) is 11.4. The molecule has 2 nitrogen and oxygen atoms in total. The second-order valence-electron chi connectivity index (χ2n) is 3.62. The van der Waals surface area contributed by atoms with Crippen molar-refractivity contribution in [3.63, 3.8) is 0 Å². The molecule has 0 saturated carbocycles.